The topological polar surface area (TPSA) is 25.4 Å². The molecule has 2 atom stereocenters. The maximum atomic E-state index is 5.99. The number of rotatable bonds is 2. The summed E-state index contributed by atoms with van der Waals surface area (Å²) >= 11 is 0. The summed E-state index contributed by atoms with van der Waals surface area (Å²) in [6.07, 6.45) is 2.38. The molecule has 0 bridgehead atoms. The SMILES string of the molecule is CC.CCN1CC(C)OC(c2ccnc(C)c2)C1. The number of nitrogens with zero attached hydrogens (tertiary/aromatic N) is 2. The van der Waals surface area contributed by atoms with Crippen molar-refractivity contribution >= 4 is 0 Å². The smallest absolute Gasteiger partial charge is 0.0957 e. The van der Waals surface area contributed by atoms with Gasteiger partial charge >= 0.3 is 0 Å². The molecule has 3 heteroatoms. The minimum atomic E-state index is 0.199. The number of morpholine rings is 1. The first-order valence-electron chi connectivity index (χ1n) is 6.99. The molecular weight excluding hydrogens is 224 g/mol. The van der Waals surface area contributed by atoms with E-state index in [0.29, 0.717) is 6.10 Å². The van der Waals surface area contributed by atoms with Gasteiger partial charge in [0, 0.05) is 25.0 Å². The van der Waals surface area contributed by atoms with Crippen LogP contribution >= 0.6 is 0 Å². The Morgan fingerprint density at radius 1 is 1.39 bits per heavy atom. The highest BCUT2D eigenvalue weighted by molar-refractivity contribution is 5.19. The molecule has 1 fully saturated rings. The first-order chi connectivity index (χ1) is 8.69. The van der Waals surface area contributed by atoms with E-state index in [1.807, 2.05) is 27.0 Å². The quantitative estimate of drug-likeness (QED) is 0.806. The van der Waals surface area contributed by atoms with E-state index in [4.69, 9.17) is 4.74 Å². The lowest BCUT2D eigenvalue weighted by Crippen LogP contribution is -2.42. The van der Waals surface area contributed by atoms with Gasteiger partial charge in [0.15, 0.2) is 0 Å². The summed E-state index contributed by atoms with van der Waals surface area (Å²) in [4.78, 5) is 6.66. The first-order valence-corrected chi connectivity index (χ1v) is 6.99. The monoisotopic (exact) mass is 250 g/mol. The van der Waals surface area contributed by atoms with Crippen LogP contribution in [0.3, 0.4) is 0 Å². The zero-order valence-corrected chi connectivity index (χ0v) is 12.3. The zero-order valence-electron chi connectivity index (χ0n) is 12.3. The van der Waals surface area contributed by atoms with Crippen LogP contribution in [0, 0.1) is 6.92 Å². The second kappa shape index (κ2) is 7.49. The zero-order chi connectivity index (χ0) is 13.5. The molecule has 0 aliphatic carbocycles. The number of hydrogen-bond donors (Lipinski definition) is 0. The lowest BCUT2D eigenvalue weighted by molar-refractivity contribution is -0.0775. The summed E-state index contributed by atoms with van der Waals surface area (Å²) in [7, 11) is 0. The van der Waals surface area contributed by atoms with Crippen LogP contribution in [0.25, 0.3) is 0 Å². The summed E-state index contributed by atoms with van der Waals surface area (Å²) in [5.74, 6) is 0. The minimum absolute atomic E-state index is 0.199. The highest BCUT2D eigenvalue weighted by atomic mass is 16.5. The Kier molecular flexibility index (Phi) is 6.30. The molecule has 2 rings (SSSR count). The largest absolute Gasteiger partial charge is 0.368 e. The maximum Gasteiger partial charge on any atom is 0.0957 e. The average Bonchev–Trinajstić information content (AvgIpc) is 2.40. The van der Waals surface area contributed by atoms with E-state index in [0.717, 1.165) is 25.3 Å². The van der Waals surface area contributed by atoms with Crippen LogP contribution in [-0.4, -0.2) is 35.6 Å². The summed E-state index contributed by atoms with van der Waals surface area (Å²) in [6, 6.07) is 4.18. The molecule has 0 radical (unpaired) electrons. The highest BCUT2D eigenvalue weighted by Gasteiger charge is 2.25. The van der Waals surface area contributed by atoms with Crippen LogP contribution in [0.5, 0.6) is 0 Å². The Bertz CT molecular complexity index is 354. The number of hydrogen-bond acceptors (Lipinski definition) is 3. The highest BCUT2D eigenvalue weighted by Crippen LogP contribution is 2.24. The van der Waals surface area contributed by atoms with Crippen LogP contribution in [-0.2, 0) is 4.74 Å². The van der Waals surface area contributed by atoms with E-state index in [1.165, 1.54) is 5.56 Å². The number of ether oxygens (including phenoxy) is 1. The fraction of sp³-hybridized carbons (Fsp3) is 0.667. The Morgan fingerprint density at radius 2 is 2.11 bits per heavy atom. The second-order valence-electron chi connectivity index (χ2n) is 4.52. The van der Waals surface area contributed by atoms with Gasteiger partial charge in [-0.25, -0.2) is 0 Å². The summed E-state index contributed by atoms with van der Waals surface area (Å²) in [5, 5.41) is 0. The second-order valence-corrected chi connectivity index (χ2v) is 4.52. The molecule has 0 saturated carbocycles. The van der Waals surface area contributed by atoms with Crippen molar-refractivity contribution in [2.45, 2.75) is 46.8 Å². The van der Waals surface area contributed by atoms with Crippen molar-refractivity contribution in [1.82, 2.24) is 9.88 Å². The van der Waals surface area contributed by atoms with Gasteiger partial charge in [0.1, 0.15) is 0 Å². The molecule has 1 aromatic rings. The van der Waals surface area contributed by atoms with E-state index >= 15 is 0 Å². The van der Waals surface area contributed by atoms with Crippen molar-refractivity contribution in [3.05, 3.63) is 29.6 Å². The predicted molar refractivity (Wildman–Crippen MR) is 75.7 cm³/mol. The van der Waals surface area contributed by atoms with Gasteiger partial charge in [-0.3, -0.25) is 9.88 Å². The van der Waals surface area contributed by atoms with Gasteiger partial charge in [-0.1, -0.05) is 20.8 Å². The Balaban J connectivity index is 0.000000771. The van der Waals surface area contributed by atoms with Crippen molar-refractivity contribution in [2.75, 3.05) is 19.6 Å². The Hall–Kier alpha value is -0.930. The fourth-order valence-electron chi connectivity index (χ4n) is 2.25. The van der Waals surface area contributed by atoms with E-state index in [9.17, 15) is 0 Å². The van der Waals surface area contributed by atoms with E-state index in [-0.39, 0.29) is 6.10 Å². The molecule has 3 nitrogen and oxygen atoms in total. The molecule has 1 saturated heterocycles. The van der Waals surface area contributed by atoms with Gasteiger partial charge in [-0.05, 0) is 38.1 Å². The van der Waals surface area contributed by atoms with Crippen molar-refractivity contribution in [3.63, 3.8) is 0 Å². The number of pyridine rings is 1. The maximum absolute atomic E-state index is 5.99. The van der Waals surface area contributed by atoms with Gasteiger partial charge in [-0.2, -0.15) is 0 Å². The van der Waals surface area contributed by atoms with Gasteiger partial charge < -0.3 is 4.74 Å². The van der Waals surface area contributed by atoms with Crippen LogP contribution in [0.1, 0.15) is 45.1 Å². The van der Waals surface area contributed by atoms with Crippen LogP contribution < -0.4 is 0 Å². The third-order valence-corrected chi connectivity index (χ3v) is 3.08. The molecule has 18 heavy (non-hydrogen) atoms. The predicted octanol–water partition coefficient (Wildman–Crippen LogP) is 3.20. The van der Waals surface area contributed by atoms with Crippen LogP contribution in [0.15, 0.2) is 18.3 Å². The van der Waals surface area contributed by atoms with Crippen molar-refractivity contribution in [2.24, 2.45) is 0 Å². The third kappa shape index (κ3) is 4.07. The van der Waals surface area contributed by atoms with E-state index in [2.05, 4.69) is 35.9 Å². The summed E-state index contributed by atoms with van der Waals surface area (Å²) in [6.45, 7) is 13.5. The molecule has 102 valence electrons. The van der Waals surface area contributed by atoms with Gasteiger partial charge in [-0.15, -0.1) is 0 Å². The van der Waals surface area contributed by atoms with E-state index in [1.54, 1.807) is 0 Å². The standard InChI is InChI=1S/C13H20N2O.C2H6/c1-4-15-8-11(3)16-13(9-15)12-5-6-14-10(2)7-12;1-2/h5-7,11,13H,4,8-9H2,1-3H3;1-2H3. The lowest BCUT2D eigenvalue weighted by atomic mass is 10.1. The van der Waals surface area contributed by atoms with Gasteiger partial charge in [0.2, 0.25) is 0 Å². The Labute approximate surface area is 111 Å². The number of aromatic nitrogens is 1. The average molecular weight is 250 g/mol. The normalized spacial score (nSPS) is 24.3. The lowest BCUT2D eigenvalue weighted by Gasteiger charge is -2.36. The van der Waals surface area contributed by atoms with Crippen molar-refractivity contribution in [3.8, 4) is 0 Å². The number of likely N-dealkylation sites (N-methyl/N-ethyl adjacent to an activating group) is 1. The fourth-order valence-corrected chi connectivity index (χ4v) is 2.25. The molecule has 1 aliphatic heterocycles. The molecule has 0 N–H and O–H groups in total. The molecule has 0 aromatic carbocycles. The summed E-state index contributed by atoms with van der Waals surface area (Å²) < 4.78 is 5.99. The molecule has 0 amide bonds. The summed E-state index contributed by atoms with van der Waals surface area (Å²) in [5.41, 5.74) is 2.31. The molecule has 2 heterocycles. The van der Waals surface area contributed by atoms with Crippen molar-refractivity contribution in [1.29, 1.82) is 0 Å². The molecule has 2 unspecified atom stereocenters. The van der Waals surface area contributed by atoms with Crippen LogP contribution in [0.2, 0.25) is 0 Å². The van der Waals surface area contributed by atoms with Gasteiger partial charge in [0.05, 0.1) is 12.2 Å². The number of aryl methyl sites for hydroxylation is 1. The van der Waals surface area contributed by atoms with Gasteiger partial charge in [0.25, 0.3) is 0 Å². The molecule has 0 spiro atoms. The first kappa shape index (κ1) is 15.1. The molecular formula is C15H26N2O. The van der Waals surface area contributed by atoms with Crippen molar-refractivity contribution < 1.29 is 4.74 Å². The molecule has 1 aromatic heterocycles. The molecule has 1 aliphatic rings. The van der Waals surface area contributed by atoms with E-state index < -0.39 is 0 Å². The Morgan fingerprint density at radius 3 is 2.72 bits per heavy atom. The van der Waals surface area contributed by atoms with Crippen LogP contribution in [0.4, 0.5) is 0 Å². The minimum Gasteiger partial charge on any atom is -0.368 e. The third-order valence-electron chi connectivity index (χ3n) is 3.08.